The van der Waals surface area contributed by atoms with Crippen molar-refractivity contribution in [3.05, 3.63) is 29.6 Å². The smallest absolute Gasteiger partial charge is 0.0528 e. The summed E-state index contributed by atoms with van der Waals surface area (Å²) in [5.74, 6) is 2.48. The van der Waals surface area contributed by atoms with Crippen molar-refractivity contribution in [1.29, 1.82) is 0 Å². The van der Waals surface area contributed by atoms with Gasteiger partial charge < -0.3 is 5.32 Å². The number of thiophene rings is 1. The Labute approximate surface area is 105 Å². The van der Waals surface area contributed by atoms with Crippen LogP contribution in [-0.2, 0) is 0 Å². The van der Waals surface area contributed by atoms with Crippen LogP contribution in [0.25, 0.3) is 10.1 Å². The van der Waals surface area contributed by atoms with Crippen molar-refractivity contribution < 1.29 is 0 Å². The van der Waals surface area contributed by atoms with E-state index in [2.05, 4.69) is 41.9 Å². The number of hydrogen-bond donors (Lipinski definition) is 1. The van der Waals surface area contributed by atoms with Crippen LogP contribution in [-0.4, -0.2) is 18.1 Å². The quantitative estimate of drug-likeness (QED) is 0.761. The topological polar surface area (TPSA) is 12.0 Å². The molecule has 0 spiro atoms. The molecule has 0 aliphatic heterocycles. The number of rotatable bonds is 6. The fourth-order valence-corrected chi connectivity index (χ4v) is 3.21. The number of fused-ring (bicyclic) bond motifs is 1. The van der Waals surface area contributed by atoms with Gasteiger partial charge in [0.25, 0.3) is 0 Å². The lowest BCUT2D eigenvalue weighted by Gasteiger charge is -2.04. The first-order valence-electron chi connectivity index (χ1n) is 5.69. The van der Waals surface area contributed by atoms with Gasteiger partial charge in [-0.1, -0.05) is 25.1 Å². The highest BCUT2D eigenvalue weighted by Gasteiger charge is 2.01. The lowest BCUT2D eigenvalue weighted by molar-refractivity contribution is 0.994. The summed E-state index contributed by atoms with van der Waals surface area (Å²) in [6, 6.07) is 8.57. The minimum absolute atomic E-state index is 1.08. The molecule has 16 heavy (non-hydrogen) atoms. The van der Waals surface area contributed by atoms with E-state index in [1.165, 1.54) is 33.7 Å². The Morgan fingerprint density at radius 1 is 1.31 bits per heavy atom. The predicted molar refractivity (Wildman–Crippen MR) is 77.9 cm³/mol. The Bertz CT molecular complexity index is 436. The lowest BCUT2D eigenvalue weighted by Crippen LogP contribution is -2.01. The molecule has 0 bridgehead atoms. The SMILES string of the molecule is CCSCCCNc1csc2ccccc12. The van der Waals surface area contributed by atoms with Gasteiger partial charge in [0, 0.05) is 22.0 Å². The molecular formula is C13H17NS2. The van der Waals surface area contributed by atoms with Crippen LogP contribution in [0.5, 0.6) is 0 Å². The molecule has 86 valence electrons. The van der Waals surface area contributed by atoms with Crippen LogP contribution in [0.15, 0.2) is 29.6 Å². The van der Waals surface area contributed by atoms with E-state index in [0.29, 0.717) is 0 Å². The Morgan fingerprint density at radius 2 is 2.19 bits per heavy atom. The molecule has 0 atom stereocenters. The molecule has 0 amide bonds. The van der Waals surface area contributed by atoms with Gasteiger partial charge >= 0.3 is 0 Å². The van der Waals surface area contributed by atoms with Crippen molar-refractivity contribution in [1.82, 2.24) is 0 Å². The standard InChI is InChI=1S/C13H17NS2/c1-2-15-9-5-8-14-12-10-16-13-7-4-3-6-11(12)13/h3-4,6-7,10,14H,2,5,8-9H2,1H3. The largest absolute Gasteiger partial charge is 0.384 e. The molecule has 3 heteroatoms. The highest BCUT2D eigenvalue weighted by Crippen LogP contribution is 2.29. The van der Waals surface area contributed by atoms with Crippen LogP contribution in [0, 0.1) is 0 Å². The zero-order chi connectivity index (χ0) is 11.2. The van der Waals surface area contributed by atoms with E-state index >= 15 is 0 Å². The third kappa shape index (κ3) is 2.92. The maximum Gasteiger partial charge on any atom is 0.0528 e. The third-order valence-corrected chi connectivity index (χ3v) is 4.42. The fourth-order valence-electron chi connectivity index (χ4n) is 1.66. The summed E-state index contributed by atoms with van der Waals surface area (Å²) < 4.78 is 1.37. The second-order valence-corrected chi connectivity index (χ2v) is 5.93. The van der Waals surface area contributed by atoms with Crippen molar-refractivity contribution in [3.63, 3.8) is 0 Å². The molecule has 0 fully saturated rings. The summed E-state index contributed by atoms with van der Waals surface area (Å²) in [4.78, 5) is 0. The maximum absolute atomic E-state index is 3.52. The molecule has 0 aliphatic rings. The van der Waals surface area contributed by atoms with E-state index in [4.69, 9.17) is 0 Å². The summed E-state index contributed by atoms with van der Waals surface area (Å²) in [5.41, 5.74) is 1.29. The average Bonchev–Trinajstić information content (AvgIpc) is 2.73. The van der Waals surface area contributed by atoms with Crippen LogP contribution in [0.1, 0.15) is 13.3 Å². The molecule has 0 radical (unpaired) electrons. The van der Waals surface area contributed by atoms with Crippen LogP contribution < -0.4 is 5.32 Å². The van der Waals surface area contributed by atoms with Crippen molar-refractivity contribution in [2.45, 2.75) is 13.3 Å². The average molecular weight is 251 g/mol. The first-order valence-corrected chi connectivity index (χ1v) is 7.73. The molecular weight excluding hydrogens is 234 g/mol. The molecule has 0 unspecified atom stereocenters. The van der Waals surface area contributed by atoms with E-state index in [1.807, 2.05) is 23.1 Å². The molecule has 0 saturated heterocycles. The first kappa shape index (κ1) is 11.8. The number of thioether (sulfide) groups is 1. The number of nitrogens with one attached hydrogen (secondary N) is 1. The van der Waals surface area contributed by atoms with E-state index in [1.54, 1.807) is 0 Å². The minimum Gasteiger partial charge on any atom is -0.384 e. The summed E-state index contributed by atoms with van der Waals surface area (Å²) in [6.45, 7) is 3.29. The van der Waals surface area contributed by atoms with Gasteiger partial charge in [-0.05, 0) is 24.0 Å². The number of hydrogen-bond acceptors (Lipinski definition) is 3. The molecule has 0 aliphatic carbocycles. The molecule has 1 nitrogen and oxygen atoms in total. The predicted octanol–water partition coefficient (Wildman–Crippen LogP) is 4.46. The third-order valence-electron chi connectivity index (χ3n) is 2.47. The van der Waals surface area contributed by atoms with Crippen LogP contribution in [0.4, 0.5) is 5.69 Å². The number of benzene rings is 1. The van der Waals surface area contributed by atoms with Crippen molar-refractivity contribution in [3.8, 4) is 0 Å². The van der Waals surface area contributed by atoms with Gasteiger partial charge in [-0.2, -0.15) is 11.8 Å². The van der Waals surface area contributed by atoms with Gasteiger partial charge in [0.2, 0.25) is 0 Å². The van der Waals surface area contributed by atoms with Gasteiger partial charge in [-0.25, -0.2) is 0 Å². The normalized spacial score (nSPS) is 10.8. The minimum atomic E-state index is 1.08. The molecule has 1 aromatic heterocycles. The Kier molecular flexibility index (Phi) is 4.55. The summed E-state index contributed by atoms with van der Waals surface area (Å²) in [5, 5.41) is 7.10. The zero-order valence-corrected chi connectivity index (χ0v) is 11.2. The van der Waals surface area contributed by atoms with Gasteiger partial charge in [0.1, 0.15) is 0 Å². The highest BCUT2D eigenvalue weighted by molar-refractivity contribution is 7.99. The monoisotopic (exact) mass is 251 g/mol. The van der Waals surface area contributed by atoms with Crippen molar-refractivity contribution >= 4 is 38.9 Å². The first-order chi connectivity index (χ1) is 7.92. The highest BCUT2D eigenvalue weighted by atomic mass is 32.2. The molecule has 1 N–H and O–H groups in total. The Morgan fingerprint density at radius 3 is 3.06 bits per heavy atom. The van der Waals surface area contributed by atoms with Crippen molar-refractivity contribution in [2.75, 3.05) is 23.4 Å². The Balaban J connectivity index is 1.89. The van der Waals surface area contributed by atoms with Crippen molar-refractivity contribution in [2.24, 2.45) is 0 Å². The van der Waals surface area contributed by atoms with Gasteiger partial charge in [-0.15, -0.1) is 11.3 Å². The number of anilines is 1. The van der Waals surface area contributed by atoms with Gasteiger partial charge in [0.15, 0.2) is 0 Å². The maximum atomic E-state index is 3.52. The zero-order valence-electron chi connectivity index (χ0n) is 9.53. The van der Waals surface area contributed by atoms with Crippen LogP contribution in [0.2, 0.25) is 0 Å². The molecule has 2 aromatic rings. The van der Waals surface area contributed by atoms with E-state index in [9.17, 15) is 0 Å². The van der Waals surface area contributed by atoms with Crippen LogP contribution in [0.3, 0.4) is 0 Å². The van der Waals surface area contributed by atoms with Crippen LogP contribution >= 0.6 is 23.1 Å². The summed E-state index contributed by atoms with van der Waals surface area (Å²) in [7, 11) is 0. The van der Waals surface area contributed by atoms with E-state index in [-0.39, 0.29) is 0 Å². The Hall–Kier alpha value is -0.670. The molecule has 0 saturated carbocycles. The molecule has 2 rings (SSSR count). The van der Waals surface area contributed by atoms with Gasteiger partial charge in [-0.3, -0.25) is 0 Å². The lowest BCUT2D eigenvalue weighted by atomic mass is 10.2. The summed E-state index contributed by atoms with van der Waals surface area (Å²) >= 11 is 3.83. The second kappa shape index (κ2) is 6.16. The fraction of sp³-hybridized carbons (Fsp3) is 0.385. The van der Waals surface area contributed by atoms with E-state index in [0.717, 1.165) is 6.54 Å². The summed E-state index contributed by atoms with van der Waals surface area (Å²) in [6.07, 6.45) is 1.24. The molecule has 1 heterocycles. The second-order valence-electron chi connectivity index (χ2n) is 3.62. The molecule has 1 aromatic carbocycles. The van der Waals surface area contributed by atoms with E-state index < -0.39 is 0 Å². The van der Waals surface area contributed by atoms with Gasteiger partial charge in [0.05, 0.1) is 5.69 Å².